The fourth-order valence-corrected chi connectivity index (χ4v) is 2.02. The number of aryl methyl sites for hydroxylation is 1. The maximum atomic E-state index is 6.19. The molecule has 0 amide bonds. The van der Waals surface area contributed by atoms with Crippen LogP contribution >= 0.6 is 11.6 Å². The zero-order valence-electron chi connectivity index (χ0n) is 10.8. The Morgan fingerprint density at radius 2 is 2.11 bits per heavy atom. The van der Waals surface area contributed by atoms with Crippen LogP contribution in [0.25, 0.3) is 11.1 Å². The third-order valence-electron chi connectivity index (χ3n) is 2.90. The Balaban J connectivity index is 2.28. The summed E-state index contributed by atoms with van der Waals surface area (Å²) in [5.74, 6) is 0. The quantitative estimate of drug-likeness (QED) is 0.897. The van der Waals surface area contributed by atoms with Crippen LogP contribution in [0.15, 0.2) is 30.6 Å². The van der Waals surface area contributed by atoms with Crippen molar-refractivity contribution in [3.63, 3.8) is 0 Å². The first-order valence-electron chi connectivity index (χ1n) is 6.26. The number of hydrogen-bond acceptors (Lipinski definition) is 2. The molecule has 18 heavy (non-hydrogen) atoms. The molecule has 0 fully saturated rings. The van der Waals surface area contributed by atoms with Crippen molar-refractivity contribution >= 4 is 11.6 Å². The Labute approximate surface area is 113 Å². The lowest BCUT2D eigenvalue weighted by Crippen LogP contribution is -2.12. The lowest BCUT2D eigenvalue weighted by molar-refractivity contribution is 0.660. The normalized spacial score (nSPS) is 10.8. The van der Waals surface area contributed by atoms with Crippen LogP contribution in [0.4, 0.5) is 0 Å². The first-order chi connectivity index (χ1) is 8.74. The van der Waals surface area contributed by atoms with Gasteiger partial charge >= 0.3 is 0 Å². The van der Waals surface area contributed by atoms with Gasteiger partial charge in [0.05, 0.1) is 6.20 Å². The van der Waals surface area contributed by atoms with E-state index in [-0.39, 0.29) is 0 Å². The van der Waals surface area contributed by atoms with E-state index >= 15 is 0 Å². The van der Waals surface area contributed by atoms with E-state index in [9.17, 15) is 0 Å². The third-order valence-corrected chi connectivity index (χ3v) is 3.27. The van der Waals surface area contributed by atoms with Gasteiger partial charge in [-0.15, -0.1) is 0 Å². The fraction of sp³-hybridized carbons (Fsp3) is 0.357. The molecule has 0 aliphatic heterocycles. The fourth-order valence-electron chi connectivity index (χ4n) is 1.84. The minimum Gasteiger partial charge on any atom is -0.313 e. The van der Waals surface area contributed by atoms with Crippen molar-refractivity contribution in [1.82, 2.24) is 15.1 Å². The number of halogens is 1. The summed E-state index contributed by atoms with van der Waals surface area (Å²) in [6.45, 7) is 6.79. The molecule has 0 atom stereocenters. The highest BCUT2D eigenvalue weighted by Gasteiger charge is 2.05. The molecule has 1 aromatic heterocycles. The van der Waals surface area contributed by atoms with Crippen LogP contribution in [-0.2, 0) is 13.1 Å². The first kappa shape index (κ1) is 13.1. The summed E-state index contributed by atoms with van der Waals surface area (Å²) in [5, 5.41) is 8.40. The zero-order chi connectivity index (χ0) is 13.0. The molecule has 0 aliphatic carbocycles. The number of rotatable bonds is 5. The van der Waals surface area contributed by atoms with Gasteiger partial charge in [-0.25, -0.2) is 0 Å². The molecule has 0 unspecified atom stereocenters. The van der Waals surface area contributed by atoms with Crippen LogP contribution in [0.3, 0.4) is 0 Å². The zero-order valence-corrected chi connectivity index (χ0v) is 11.5. The van der Waals surface area contributed by atoms with Crippen LogP contribution in [0.2, 0.25) is 5.02 Å². The van der Waals surface area contributed by atoms with Crippen molar-refractivity contribution in [2.24, 2.45) is 0 Å². The Bertz CT molecular complexity index is 520. The SMILES string of the molecule is CCNCc1cc(-c2cnn(CC)c2)ccc1Cl. The minimum atomic E-state index is 0.797. The molecular formula is C14H18ClN3. The summed E-state index contributed by atoms with van der Waals surface area (Å²) in [7, 11) is 0. The average Bonchev–Trinajstić information content (AvgIpc) is 2.86. The molecule has 3 nitrogen and oxygen atoms in total. The standard InChI is InChI=1S/C14H18ClN3/c1-3-16-8-12-7-11(5-6-14(12)15)13-9-17-18(4-2)10-13/h5-7,9-10,16H,3-4,8H2,1-2H3. The Morgan fingerprint density at radius 3 is 2.78 bits per heavy atom. The van der Waals surface area contributed by atoms with Crippen LogP contribution in [0.5, 0.6) is 0 Å². The van der Waals surface area contributed by atoms with Crippen molar-refractivity contribution in [1.29, 1.82) is 0 Å². The minimum absolute atomic E-state index is 0.797. The number of nitrogens with zero attached hydrogens (tertiary/aromatic N) is 2. The monoisotopic (exact) mass is 263 g/mol. The topological polar surface area (TPSA) is 29.9 Å². The van der Waals surface area contributed by atoms with E-state index < -0.39 is 0 Å². The summed E-state index contributed by atoms with van der Waals surface area (Å²) >= 11 is 6.19. The van der Waals surface area contributed by atoms with E-state index in [4.69, 9.17) is 11.6 Å². The van der Waals surface area contributed by atoms with Gasteiger partial charge in [-0.2, -0.15) is 5.10 Å². The van der Waals surface area contributed by atoms with Gasteiger partial charge in [-0.3, -0.25) is 4.68 Å². The molecule has 1 N–H and O–H groups in total. The van der Waals surface area contributed by atoms with Crippen LogP contribution in [-0.4, -0.2) is 16.3 Å². The van der Waals surface area contributed by atoms with Crippen LogP contribution in [0, 0.1) is 0 Å². The molecule has 0 bridgehead atoms. The van der Waals surface area contributed by atoms with Crippen molar-refractivity contribution in [3.05, 3.63) is 41.2 Å². The second kappa shape index (κ2) is 6.03. The van der Waals surface area contributed by atoms with E-state index in [1.807, 2.05) is 23.0 Å². The van der Waals surface area contributed by atoms with Gasteiger partial charge in [0.25, 0.3) is 0 Å². The molecule has 0 aliphatic rings. The van der Waals surface area contributed by atoms with Gasteiger partial charge in [0.1, 0.15) is 0 Å². The van der Waals surface area contributed by atoms with E-state index in [1.54, 1.807) is 0 Å². The molecule has 0 saturated carbocycles. The van der Waals surface area contributed by atoms with E-state index in [0.29, 0.717) is 0 Å². The number of hydrogen-bond donors (Lipinski definition) is 1. The molecule has 4 heteroatoms. The highest BCUT2D eigenvalue weighted by Crippen LogP contribution is 2.24. The van der Waals surface area contributed by atoms with Gasteiger partial charge in [0.2, 0.25) is 0 Å². The Kier molecular flexibility index (Phi) is 4.39. The number of aromatic nitrogens is 2. The molecule has 2 rings (SSSR count). The lowest BCUT2D eigenvalue weighted by Gasteiger charge is -2.07. The highest BCUT2D eigenvalue weighted by molar-refractivity contribution is 6.31. The first-order valence-corrected chi connectivity index (χ1v) is 6.64. The number of nitrogens with one attached hydrogen (secondary N) is 1. The summed E-state index contributed by atoms with van der Waals surface area (Å²) in [6, 6.07) is 6.11. The van der Waals surface area contributed by atoms with Gasteiger partial charge in [-0.05, 0) is 36.7 Å². The maximum Gasteiger partial charge on any atom is 0.0568 e. The molecule has 2 aromatic rings. The van der Waals surface area contributed by atoms with Gasteiger partial charge < -0.3 is 5.32 Å². The molecule has 0 radical (unpaired) electrons. The van der Waals surface area contributed by atoms with E-state index in [0.717, 1.165) is 41.3 Å². The maximum absolute atomic E-state index is 6.19. The summed E-state index contributed by atoms with van der Waals surface area (Å²) in [6.07, 6.45) is 3.95. The average molecular weight is 264 g/mol. The van der Waals surface area contributed by atoms with Gasteiger partial charge in [0.15, 0.2) is 0 Å². The molecule has 96 valence electrons. The third kappa shape index (κ3) is 2.92. The van der Waals surface area contributed by atoms with Gasteiger partial charge in [-0.1, -0.05) is 24.6 Å². The second-order valence-electron chi connectivity index (χ2n) is 4.17. The van der Waals surface area contributed by atoms with Gasteiger partial charge in [0, 0.05) is 29.9 Å². The Morgan fingerprint density at radius 1 is 1.28 bits per heavy atom. The van der Waals surface area contributed by atoms with Crippen molar-refractivity contribution in [3.8, 4) is 11.1 Å². The predicted octanol–water partition coefficient (Wildman–Crippen LogP) is 3.33. The van der Waals surface area contributed by atoms with E-state index in [2.05, 4.69) is 36.5 Å². The predicted molar refractivity (Wildman–Crippen MR) is 75.7 cm³/mol. The second-order valence-corrected chi connectivity index (χ2v) is 4.58. The van der Waals surface area contributed by atoms with Crippen molar-refractivity contribution in [2.75, 3.05) is 6.54 Å². The molecular weight excluding hydrogens is 246 g/mol. The smallest absolute Gasteiger partial charge is 0.0568 e. The highest BCUT2D eigenvalue weighted by atomic mass is 35.5. The molecule has 1 heterocycles. The van der Waals surface area contributed by atoms with Crippen molar-refractivity contribution < 1.29 is 0 Å². The summed E-state index contributed by atoms with van der Waals surface area (Å²) in [5.41, 5.74) is 3.42. The van der Waals surface area contributed by atoms with Crippen LogP contribution in [0.1, 0.15) is 19.4 Å². The Hall–Kier alpha value is -1.32. The van der Waals surface area contributed by atoms with Crippen LogP contribution < -0.4 is 5.32 Å². The number of benzene rings is 1. The van der Waals surface area contributed by atoms with E-state index in [1.165, 1.54) is 0 Å². The molecule has 0 spiro atoms. The summed E-state index contributed by atoms with van der Waals surface area (Å²) < 4.78 is 1.92. The van der Waals surface area contributed by atoms with Crippen molar-refractivity contribution in [2.45, 2.75) is 26.9 Å². The largest absolute Gasteiger partial charge is 0.313 e. The molecule has 1 aromatic carbocycles. The molecule has 0 saturated heterocycles. The lowest BCUT2D eigenvalue weighted by atomic mass is 10.1. The summed E-state index contributed by atoms with van der Waals surface area (Å²) in [4.78, 5) is 0.